The summed E-state index contributed by atoms with van der Waals surface area (Å²) in [5, 5.41) is 2.41. The lowest BCUT2D eigenvalue weighted by atomic mass is 10.1. The predicted octanol–water partition coefficient (Wildman–Crippen LogP) is 4.39. The molecule has 0 radical (unpaired) electrons. The number of nitrogens with one attached hydrogen (secondary N) is 1. The molecule has 2 aromatic heterocycles. The molecule has 0 unspecified atom stereocenters. The maximum absolute atomic E-state index is 5.31. The van der Waals surface area contributed by atoms with Gasteiger partial charge in [-0.3, -0.25) is 4.98 Å². The average Bonchev–Trinajstić information content (AvgIpc) is 2.93. The van der Waals surface area contributed by atoms with E-state index in [2.05, 4.69) is 40.3 Å². The molecule has 4 rings (SSSR count). The van der Waals surface area contributed by atoms with Gasteiger partial charge in [-0.25, -0.2) is 0 Å². The number of hydrogen-bond acceptors (Lipinski definition) is 2. The molecular formula is C18H14N2O. The molecule has 0 atom stereocenters. The SMILES string of the molecule is COc1cccc(-c2nccc3c2[nH]c2ccccc23)c1. The molecule has 3 heteroatoms. The van der Waals surface area contributed by atoms with E-state index in [1.165, 1.54) is 10.8 Å². The molecule has 0 aliphatic heterocycles. The zero-order chi connectivity index (χ0) is 14.2. The maximum atomic E-state index is 5.31. The van der Waals surface area contributed by atoms with Crippen LogP contribution in [0.3, 0.4) is 0 Å². The van der Waals surface area contributed by atoms with Crippen LogP contribution in [0.25, 0.3) is 33.1 Å². The normalized spacial score (nSPS) is 11.1. The van der Waals surface area contributed by atoms with Gasteiger partial charge in [0.1, 0.15) is 5.75 Å². The standard InChI is InChI=1S/C18H14N2O/c1-21-13-6-4-5-12(11-13)17-18-15(9-10-19-17)14-7-2-3-8-16(14)20-18/h2-11,20H,1H3. The molecule has 102 valence electrons. The second-order valence-electron chi connectivity index (χ2n) is 4.98. The lowest BCUT2D eigenvalue weighted by molar-refractivity contribution is 0.415. The molecule has 0 fully saturated rings. The van der Waals surface area contributed by atoms with Crippen LogP contribution in [-0.4, -0.2) is 17.1 Å². The number of aromatic nitrogens is 2. The van der Waals surface area contributed by atoms with Crippen molar-refractivity contribution in [2.24, 2.45) is 0 Å². The Labute approximate surface area is 122 Å². The van der Waals surface area contributed by atoms with E-state index in [-0.39, 0.29) is 0 Å². The van der Waals surface area contributed by atoms with Crippen molar-refractivity contribution >= 4 is 21.8 Å². The van der Waals surface area contributed by atoms with Gasteiger partial charge in [0.2, 0.25) is 0 Å². The second kappa shape index (κ2) is 4.63. The summed E-state index contributed by atoms with van der Waals surface area (Å²) in [6.07, 6.45) is 1.86. The molecule has 0 saturated heterocycles. The van der Waals surface area contributed by atoms with Crippen LogP contribution in [0.15, 0.2) is 60.8 Å². The summed E-state index contributed by atoms with van der Waals surface area (Å²) in [5.41, 5.74) is 4.19. The van der Waals surface area contributed by atoms with Crippen molar-refractivity contribution in [3.8, 4) is 17.0 Å². The summed E-state index contributed by atoms with van der Waals surface area (Å²) in [5.74, 6) is 0.836. The van der Waals surface area contributed by atoms with E-state index in [0.29, 0.717) is 0 Å². The van der Waals surface area contributed by atoms with Crippen molar-refractivity contribution in [1.82, 2.24) is 9.97 Å². The first kappa shape index (κ1) is 12.0. The Balaban J connectivity index is 2.04. The number of pyridine rings is 1. The highest BCUT2D eigenvalue weighted by Gasteiger charge is 2.10. The topological polar surface area (TPSA) is 37.9 Å². The Hall–Kier alpha value is -2.81. The molecule has 1 N–H and O–H groups in total. The third-order valence-electron chi connectivity index (χ3n) is 3.77. The van der Waals surface area contributed by atoms with Gasteiger partial charge in [-0.1, -0.05) is 30.3 Å². The third kappa shape index (κ3) is 1.86. The predicted molar refractivity (Wildman–Crippen MR) is 85.6 cm³/mol. The summed E-state index contributed by atoms with van der Waals surface area (Å²) < 4.78 is 5.31. The van der Waals surface area contributed by atoms with Crippen molar-refractivity contribution in [2.75, 3.05) is 7.11 Å². The van der Waals surface area contributed by atoms with E-state index >= 15 is 0 Å². The monoisotopic (exact) mass is 274 g/mol. The summed E-state index contributed by atoms with van der Waals surface area (Å²) in [6, 6.07) is 18.3. The smallest absolute Gasteiger partial charge is 0.119 e. The highest BCUT2D eigenvalue weighted by Crippen LogP contribution is 2.32. The van der Waals surface area contributed by atoms with Gasteiger partial charge in [0.05, 0.1) is 18.3 Å². The highest BCUT2D eigenvalue weighted by molar-refractivity contribution is 6.10. The minimum Gasteiger partial charge on any atom is -0.497 e. The minimum atomic E-state index is 0.836. The Bertz CT molecular complexity index is 940. The van der Waals surface area contributed by atoms with E-state index in [4.69, 9.17) is 4.74 Å². The van der Waals surface area contributed by atoms with Crippen LogP contribution in [0, 0.1) is 0 Å². The number of H-pyrrole nitrogens is 1. The van der Waals surface area contributed by atoms with Crippen LogP contribution in [0.1, 0.15) is 0 Å². The molecule has 3 nitrogen and oxygen atoms in total. The third-order valence-corrected chi connectivity index (χ3v) is 3.77. The number of hydrogen-bond donors (Lipinski definition) is 1. The molecule has 0 bridgehead atoms. The first-order chi connectivity index (χ1) is 10.4. The largest absolute Gasteiger partial charge is 0.497 e. The van der Waals surface area contributed by atoms with Gasteiger partial charge in [0.25, 0.3) is 0 Å². The molecule has 0 saturated carbocycles. The van der Waals surface area contributed by atoms with E-state index in [9.17, 15) is 0 Å². The number of aromatic amines is 1. The van der Waals surface area contributed by atoms with Crippen molar-refractivity contribution in [2.45, 2.75) is 0 Å². The van der Waals surface area contributed by atoms with Crippen LogP contribution < -0.4 is 4.74 Å². The van der Waals surface area contributed by atoms with Gasteiger partial charge < -0.3 is 9.72 Å². The van der Waals surface area contributed by atoms with Crippen LogP contribution in [0.2, 0.25) is 0 Å². The van der Waals surface area contributed by atoms with Crippen LogP contribution in [0.5, 0.6) is 5.75 Å². The van der Waals surface area contributed by atoms with Crippen LogP contribution in [0.4, 0.5) is 0 Å². The molecule has 0 aliphatic carbocycles. The second-order valence-corrected chi connectivity index (χ2v) is 4.98. The van der Waals surface area contributed by atoms with Crippen molar-refractivity contribution in [3.05, 3.63) is 60.8 Å². The summed E-state index contributed by atoms with van der Waals surface area (Å²) >= 11 is 0. The fourth-order valence-corrected chi connectivity index (χ4v) is 2.76. The maximum Gasteiger partial charge on any atom is 0.119 e. The Morgan fingerprint density at radius 1 is 0.952 bits per heavy atom. The number of nitrogens with zero attached hydrogens (tertiary/aromatic N) is 1. The van der Waals surface area contributed by atoms with Gasteiger partial charge in [0.15, 0.2) is 0 Å². The number of fused-ring (bicyclic) bond motifs is 3. The molecule has 0 aliphatic rings. The molecule has 2 heterocycles. The van der Waals surface area contributed by atoms with Gasteiger partial charge in [-0.15, -0.1) is 0 Å². The Kier molecular flexibility index (Phi) is 2.64. The van der Waals surface area contributed by atoms with Crippen molar-refractivity contribution in [3.63, 3.8) is 0 Å². The fraction of sp³-hybridized carbons (Fsp3) is 0.0556. The van der Waals surface area contributed by atoms with Gasteiger partial charge in [-0.2, -0.15) is 0 Å². The lowest BCUT2D eigenvalue weighted by Crippen LogP contribution is -1.87. The number of para-hydroxylation sites is 1. The van der Waals surface area contributed by atoms with Crippen molar-refractivity contribution < 1.29 is 4.74 Å². The zero-order valence-corrected chi connectivity index (χ0v) is 11.6. The summed E-state index contributed by atoms with van der Waals surface area (Å²) in [6.45, 7) is 0. The molecule has 0 amide bonds. The van der Waals surface area contributed by atoms with E-state index in [1.807, 2.05) is 30.5 Å². The highest BCUT2D eigenvalue weighted by atomic mass is 16.5. The van der Waals surface area contributed by atoms with E-state index < -0.39 is 0 Å². The van der Waals surface area contributed by atoms with Crippen LogP contribution >= 0.6 is 0 Å². The quantitative estimate of drug-likeness (QED) is 0.588. The average molecular weight is 274 g/mol. The van der Waals surface area contributed by atoms with Gasteiger partial charge >= 0.3 is 0 Å². The fourth-order valence-electron chi connectivity index (χ4n) is 2.76. The number of ether oxygens (including phenoxy) is 1. The molecule has 4 aromatic rings. The Morgan fingerprint density at radius 3 is 2.76 bits per heavy atom. The summed E-state index contributed by atoms with van der Waals surface area (Å²) in [7, 11) is 1.68. The van der Waals surface area contributed by atoms with Crippen LogP contribution in [-0.2, 0) is 0 Å². The lowest BCUT2D eigenvalue weighted by Gasteiger charge is -2.05. The Morgan fingerprint density at radius 2 is 1.86 bits per heavy atom. The van der Waals surface area contributed by atoms with E-state index in [1.54, 1.807) is 7.11 Å². The van der Waals surface area contributed by atoms with Gasteiger partial charge in [0, 0.05) is 28.0 Å². The number of methoxy groups -OCH3 is 1. The van der Waals surface area contributed by atoms with Crippen molar-refractivity contribution in [1.29, 1.82) is 0 Å². The minimum absolute atomic E-state index is 0.836. The van der Waals surface area contributed by atoms with E-state index in [0.717, 1.165) is 28.0 Å². The molecule has 21 heavy (non-hydrogen) atoms. The first-order valence-electron chi connectivity index (χ1n) is 6.86. The number of rotatable bonds is 2. The molecule has 2 aromatic carbocycles. The zero-order valence-electron chi connectivity index (χ0n) is 11.6. The first-order valence-corrected chi connectivity index (χ1v) is 6.86. The number of benzene rings is 2. The molecule has 0 spiro atoms. The molecular weight excluding hydrogens is 260 g/mol. The summed E-state index contributed by atoms with van der Waals surface area (Å²) in [4.78, 5) is 8.04. The van der Waals surface area contributed by atoms with Gasteiger partial charge in [-0.05, 0) is 24.3 Å².